The number of carbonyl (C=O) groups is 2. The second-order valence-electron chi connectivity index (χ2n) is 6.20. The van der Waals surface area contributed by atoms with Gasteiger partial charge in [0.2, 0.25) is 18.5 Å². The number of rotatable bonds is 5. The fraction of sp³-hybridized carbons (Fsp3) is 0.0952. The molecule has 0 unspecified atom stereocenters. The van der Waals surface area contributed by atoms with Gasteiger partial charge >= 0.3 is 0 Å². The van der Waals surface area contributed by atoms with Crippen molar-refractivity contribution in [2.75, 3.05) is 12.1 Å². The molecule has 3 aromatic rings. The van der Waals surface area contributed by atoms with Crippen LogP contribution in [-0.2, 0) is 11.8 Å². The summed E-state index contributed by atoms with van der Waals surface area (Å²) in [6.45, 7) is 0.210. The number of ether oxygens (including phenoxy) is 2. The molecule has 4 rings (SSSR count). The first kappa shape index (κ1) is 17.5. The zero-order valence-electron chi connectivity index (χ0n) is 15.1. The SMILES string of the molecule is Cn1ccnc1C(=O)c1ccc(NC(=O)/C=C/c2ccc3c(c2)OCO3)cc1. The molecule has 1 amide bonds. The topological polar surface area (TPSA) is 82.5 Å². The highest BCUT2D eigenvalue weighted by molar-refractivity contribution is 6.07. The molecule has 1 N–H and O–H groups in total. The van der Waals surface area contributed by atoms with Crippen molar-refractivity contribution in [2.45, 2.75) is 0 Å². The first-order chi connectivity index (χ1) is 13.6. The second kappa shape index (κ2) is 7.40. The van der Waals surface area contributed by atoms with Crippen molar-refractivity contribution in [3.05, 3.63) is 77.9 Å². The number of imidazole rings is 1. The first-order valence-electron chi connectivity index (χ1n) is 8.61. The smallest absolute Gasteiger partial charge is 0.248 e. The van der Waals surface area contributed by atoms with Gasteiger partial charge < -0.3 is 19.4 Å². The molecular formula is C21H17N3O4. The van der Waals surface area contributed by atoms with E-state index in [0.717, 1.165) is 5.56 Å². The maximum absolute atomic E-state index is 12.4. The number of hydrogen-bond acceptors (Lipinski definition) is 5. The van der Waals surface area contributed by atoms with Crippen LogP contribution in [0.25, 0.3) is 6.08 Å². The van der Waals surface area contributed by atoms with E-state index in [-0.39, 0.29) is 18.5 Å². The highest BCUT2D eigenvalue weighted by Gasteiger charge is 2.14. The highest BCUT2D eigenvalue weighted by atomic mass is 16.7. The maximum Gasteiger partial charge on any atom is 0.248 e. The molecule has 0 spiro atoms. The Morgan fingerprint density at radius 2 is 1.89 bits per heavy atom. The summed E-state index contributed by atoms with van der Waals surface area (Å²) in [5.74, 6) is 1.27. The summed E-state index contributed by atoms with van der Waals surface area (Å²) in [6, 6.07) is 12.1. The summed E-state index contributed by atoms with van der Waals surface area (Å²) in [5.41, 5.74) is 1.93. The van der Waals surface area contributed by atoms with E-state index in [1.54, 1.807) is 60.4 Å². The number of amides is 1. The van der Waals surface area contributed by atoms with Crippen LogP contribution in [0, 0.1) is 0 Å². The number of carbonyl (C=O) groups excluding carboxylic acids is 2. The normalized spacial score (nSPS) is 12.3. The molecule has 0 fully saturated rings. The minimum Gasteiger partial charge on any atom is -0.454 e. The second-order valence-corrected chi connectivity index (χ2v) is 6.20. The van der Waals surface area contributed by atoms with Gasteiger partial charge in [-0.3, -0.25) is 9.59 Å². The molecule has 7 heteroatoms. The number of nitrogens with one attached hydrogen (secondary N) is 1. The van der Waals surface area contributed by atoms with Gasteiger partial charge in [0.15, 0.2) is 17.3 Å². The molecule has 0 saturated carbocycles. The van der Waals surface area contributed by atoms with Crippen LogP contribution in [0.4, 0.5) is 5.69 Å². The van der Waals surface area contributed by atoms with Crippen LogP contribution in [0.2, 0.25) is 0 Å². The Kier molecular flexibility index (Phi) is 4.63. The quantitative estimate of drug-likeness (QED) is 0.548. The molecule has 0 radical (unpaired) electrons. The predicted molar refractivity (Wildman–Crippen MR) is 103 cm³/mol. The lowest BCUT2D eigenvalue weighted by Gasteiger charge is -2.05. The number of benzene rings is 2. The summed E-state index contributed by atoms with van der Waals surface area (Å²) in [6.07, 6.45) is 6.42. The summed E-state index contributed by atoms with van der Waals surface area (Å²) in [4.78, 5) is 28.6. The van der Waals surface area contributed by atoms with E-state index in [1.807, 2.05) is 12.1 Å². The van der Waals surface area contributed by atoms with Crippen molar-refractivity contribution in [1.82, 2.24) is 9.55 Å². The molecule has 0 atom stereocenters. The van der Waals surface area contributed by atoms with E-state index >= 15 is 0 Å². The van der Waals surface area contributed by atoms with Gasteiger partial charge in [-0.05, 0) is 48.0 Å². The van der Waals surface area contributed by atoms with Crippen molar-refractivity contribution in [1.29, 1.82) is 0 Å². The third-order valence-electron chi connectivity index (χ3n) is 4.26. The Morgan fingerprint density at radius 1 is 1.11 bits per heavy atom. The fourth-order valence-corrected chi connectivity index (χ4v) is 2.79. The van der Waals surface area contributed by atoms with Crippen LogP contribution in [-0.4, -0.2) is 28.0 Å². The number of ketones is 1. The summed E-state index contributed by atoms with van der Waals surface area (Å²) < 4.78 is 12.2. The van der Waals surface area contributed by atoms with Gasteiger partial charge in [-0.25, -0.2) is 4.98 Å². The summed E-state index contributed by atoms with van der Waals surface area (Å²) >= 11 is 0. The zero-order valence-corrected chi connectivity index (χ0v) is 15.1. The molecule has 7 nitrogen and oxygen atoms in total. The van der Waals surface area contributed by atoms with E-state index in [1.165, 1.54) is 6.08 Å². The molecular weight excluding hydrogens is 358 g/mol. The zero-order chi connectivity index (χ0) is 19.5. The van der Waals surface area contributed by atoms with Crippen LogP contribution in [0.5, 0.6) is 11.5 Å². The minimum absolute atomic E-state index is 0.173. The van der Waals surface area contributed by atoms with Crippen LogP contribution in [0.1, 0.15) is 21.7 Å². The molecule has 140 valence electrons. The monoisotopic (exact) mass is 375 g/mol. The molecule has 0 saturated heterocycles. The Morgan fingerprint density at radius 3 is 2.64 bits per heavy atom. The summed E-state index contributed by atoms with van der Waals surface area (Å²) in [7, 11) is 1.77. The van der Waals surface area contributed by atoms with Gasteiger partial charge in [-0.2, -0.15) is 0 Å². The molecule has 1 aliphatic heterocycles. The van der Waals surface area contributed by atoms with Gasteiger partial charge in [0.05, 0.1) is 0 Å². The first-order valence-corrected chi connectivity index (χ1v) is 8.61. The van der Waals surface area contributed by atoms with Crippen molar-refractivity contribution < 1.29 is 19.1 Å². The number of nitrogens with zero attached hydrogens (tertiary/aromatic N) is 2. The van der Waals surface area contributed by atoms with E-state index in [2.05, 4.69) is 10.3 Å². The van der Waals surface area contributed by atoms with Crippen LogP contribution in [0.15, 0.2) is 60.9 Å². The van der Waals surface area contributed by atoms with Gasteiger partial charge in [0.25, 0.3) is 0 Å². The molecule has 1 aromatic heterocycles. The van der Waals surface area contributed by atoms with Crippen molar-refractivity contribution in [2.24, 2.45) is 7.05 Å². The number of anilines is 1. The predicted octanol–water partition coefficient (Wildman–Crippen LogP) is 3.03. The Labute approximate surface area is 161 Å². The standard InChI is InChI=1S/C21H17N3O4/c1-24-11-10-22-21(24)20(26)15-4-6-16(7-5-15)23-19(25)9-3-14-2-8-17-18(12-14)28-13-27-17/h2-12H,13H2,1H3,(H,23,25)/b9-3+. The van der Waals surface area contributed by atoms with Gasteiger partial charge in [-0.15, -0.1) is 0 Å². The number of hydrogen-bond donors (Lipinski definition) is 1. The Bertz CT molecular complexity index is 1070. The van der Waals surface area contributed by atoms with Gasteiger partial charge in [-0.1, -0.05) is 6.07 Å². The van der Waals surface area contributed by atoms with Gasteiger partial charge in [0.1, 0.15) is 0 Å². The van der Waals surface area contributed by atoms with E-state index in [0.29, 0.717) is 28.6 Å². The highest BCUT2D eigenvalue weighted by Crippen LogP contribution is 2.32. The largest absolute Gasteiger partial charge is 0.454 e. The van der Waals surface area contributed by atoms with Gasteiger partial charge in [0, 0.05) is 36.8 Å². The van der Waals surface area contributed by atoms with E-state index < -0.39 is 0 Å². The van der Waals surface area contributed by atoms with Crippen LogP contribution >= 0.6 is 0 Å². The molecule has 28 heavy (non-hydrogen) atoms. The van der Waals surface area contributed by atoms with Crippen LogP contribution < -0.4 is 14.8 Å². The van der Waals surface area contributed by atoms with Crippen molar-refractivity contribution in [3.8, 4) is 11.5 Å². The molecule has 1 aliphatic rings. The van der Waals surface area contributed by atoms with Crippen LogP contribution in [0.3, 0.4) is 0 Å². The third-order valence-corrected chi connectivity index (χ3v) is 4.26. The van der Waals surface area contributed by atoms with E-state index in [9.17, 15) is 9.59 Å². The van der Waals surface area contributed by atoms with Crippen molar-refractivity contribution >= 4 is 23.5 Å². The molecule has 2 heterocycles. The average molecular weight is 375 g/mol. The molecule has 0 bridgehead atoms. The Balaban J connectivity index is 1.39. The molecule has 2 aromatic carbocycles. The lowest BCUT2D eigenvalue weighted by molar-refractivity contribution is -0.111. The van der Waals surface area contributed by atoms with E-state index in [4.69, 9.17) is 9.47 Å². The Hall–Kier alpha value is -3.87. The number of aromatic nitrogens is 2. The lowest BCUT2D eigenvalue weighted by atomic mass is 10.1. The van der Waals surface area contributed by atoms with Crippen molar-refractivity contribution in [3.63, 3.8) is 0 Å². The number of fused-ring (bicyclic) bond motifs is 1. The minimum atomic E-state index is -0.277. The average Bonchev–Trinajstić information content (AvgIpc) is 3.34. The molecule has 0 aliphatic carbocycles. The summed E-state index contributed by atoms with van der Waals surface area (Å²) in [5, 5.41) is 2.76. The maximum atomic E-state index is 12.4. The fourth-order valence-electron chi connectivity index (χ4n) is 2.79. The third kappa shape index (κ3) is 3.64. The number of aryl methyl sites for hydroxylation is 1. The lowest BCUT2D eigenvalue weighted by Crippen LogP contribution is -2.10.